The summed E-state index contributed by atoms with van der Waals surface area (Å²) in [4.78, 5) is 3.97. The molecule has 0 aromatic carbocycles. The van der Waals surface area contributed by atoms with Crippen molar-refractivity contribution in [3.05, 3.63) is 30.1 Å². The molecule has 1 aromatic rings. The van der Waals surface area contributed by atoms with Crippen molar-refractivity contribution in [3.8, 4) is 0 Å². The molecule has 3 nitrogen and oxygen atoms in total. The number of hydrogen-bond acceptors (Lipinski definition) is 3. The van der Waals surface area contributed by atoms with Crippen molar-refractivity contribution in [3.63, 3.8) is 0 Å². The lowest BCUT2D eigenvalue weighted by Gasteiger charge is -2.13. The second kappa shape index (κ2) is 6.53. The van der Waals surface area contributed by atoms with Crippen LogP contribution in [0.15, 0.2) is 24.5 Å². The number of nitrogens with zero attached hydrogens (tertiary/aromatic N) is 1. The number of rotatable bonds is 6. The Kier molecular flexibility index (Phi) is 5.29. The first-order chi connectivity index (χ1) is 7.18. The molecule has 0 fully saturated rings. The van der Waals surface area contributed by atoms with Crippen LogP contribution < -0.4 is 5.73 Å². The fraction of sp³-hybridized carbons (Fsp3) is 0.583. The summed E-state index contributed by atoms with van der Waals surface area (Å²) in [7, 11) is 0. The summed E-state index contributed by atoms with van der Waals surface area (Å²) >= 11 is 0. The zero-order valence-electron chi connectivity index (χ0n) is 9.52. The molecule has 0 saturated heterocycles. The average Bonchev–Trinajstić information content (AvgIpc) is 2.18. The Balaban J connectivity index is 2.21. The van der Waals surface area contributed by atoms with E-state index in [1.165, 1.54) is 5.56 Å². The van der Waals surface area contributed by atoms with Gasteiger partial charge in [-0.3, -0.25) is 4.98 Å². The van der Waals surface area contributed by atoms with Crippen molar-refractivity contribution < 1.29 is 4.74 Å². The fourth-order valence-electron chi connectivity index (χ4n) is 1.38. The SMILES string of the molecule is CC(C)OCCC(N)Cc1ccncc1. The van der Waals surface area contributed by atoms with E-state index in [9.17, 15) is 0 Å². The molecule has 1 aromatic heterocycles. The Morgan fingerprint density at radius 1 is 1.33 bits per heavy atom. The fourth-order valence-corrected chi connectivity index (χ4v) is 1.38. The van der Waals surface area contributed by atoms with Gasteiger partial charge in [-0.2, -0.15) is 0 Å². The van der Waals surface area contributed by atoms with Crippen LogP contribution in [-0.2, 0) is 11.2 Å². The van der Waals surface area contributed by atoms with E-state index in [2.05, 4.69) is 4.98 Å². The Labute approximate surface area is 91.7 Å². The highest BCUT2D eigenvalue weighted by Gasteiger charge is 2.04. The molecule has 3 heteroatoms. The number of pyridine rings is 1. The van der Waals surface area contributed by atoms with Crippen LogP contribution in [-0.4, -0.2) is 23.7 Å². The summed E-state index contributed by atoms with van der Waals surface area (Å²) in [5.41, 5.74) is 7.23. The Morgan fingerprint density at radius 3 is 2.60 bits per heavy atom. The normalized spacial score (nSPS) is 13.1. The highest BCUT2D eigenvalue weighted by Crippen LogP contribution is 2.03. The largest absolute Gasteiger partial charge is 0.379 e. The van der Waals surface area contributed by atoms with Crippen LogP contribution in [0.2, 0.25) is 0 Å². The summed E-state index contributed by atoms with van der Waals surface area (Å²) in [6.07, 6.45) is 5.68. The van der Waals surface area contributed by atoms with E-state index < -0.39 is 0 Å². The second-order valence-corrected chi connectivity index (χ2v) is 4.03. The molecule has 0 aliphatic carbocycles. The molecular formula is C12H20N2O. The minimum Gasteiger partial charge on any atom is -0.379 e. The van der Waals surface area contributed by atoms with Crippen LogP contribution in [0.5, 0.6) is 0 Å². The van der Waals surface area contributed by atoms with Gasteiger partial charge in [-0.1, -0.05) is 0 Å². The maximum Gasteiger partial charge on any atom is 0.0518 e. The Bertz CT molecular complexity index is 262. The second-order valence-electron chi connectivity index (χ2n) is 4.03. The van der Waals surface area contributed by atoms with Gasteiger partial charge in [0.15, 0.2) is 0 Å². The van der Waals surface area contributed by atoms with E-state index in [-0.39, 0.29) is 12.1 Å². The molecule has 0 amide bonds. The van der Waals surface area contributed by atoms with Gasteiger partial charge in [-0.15, -0.1) is 0 Å². The quantitative estimate of drug-likeness (QED) is 0.775. The van der Waals surface area contributed by atoms with E-state index in [0.29, 0.717) is 0 Å². The maximum atomic E-state index is 5.99. The van der Waals surface area contributed by atoms with Crippen molar-refractivity contribution in [2.75, 3.05) is 6.61 Å². The maximum absolute atomic E-state index is 5.99. The van der Waals surface area contributed by atoms with Gasteiger partial charge in [0.1, 0.15) is 0 Å². The third kappa shape index (κ3) is 5.50. The van der Waals surface area contributed by atoms with Gasteiger partial charge in [-0.25, -0.2) is 0 Å². The first-order valence-electron chi connectivity index (χ1n) is 5.44. The lowest BCUT2D eigenvalue weighted by molar-refractivity contribution is 0.0737. The molecule has 2 N–H and O–H groups in total. The topological polar surface area (TPSA) is 48.1 Å². The molecule has 1 atom stereocenters. The van der Waals surface area contributed by atoms with E-state index >= 15 is 0 Å². The Hall–Kier alpha value is -0.930. The third-order valence-corrected chi connectivity index (χ3v) is 2.19. The van der Waals surface area contributed by atoms with Crippen LogP contribution in [0.25, 0.3) is 0 Å². The molecule has 0 saturated carbocycles. The molecule has 1 heterocycles. The molecule has 15 heavy (non-hydrogen) atoms. The molecule has 0 aliphatic rings. The van der Waals surface area contributed by atoms with Crippen LogP contribution in [0.3, 0.4) is 0 Å². The number of hydrogen-bond donors (Lipinski definition) is 1. The molecule has 0 bridgehead atoms. The predicted molar refractivity (Wildman–Crippen MR) is 61.6 cm³/mol. The molecule has 0 aliphatic heterocycles. The standard InChI is InChI=1S/C12H20N2O/c1-10(2)15-8-5-12(13)9-11-3-6-14-7-4-11/h3-4,6-7,10,12H,5,8-9,13H2,1-2H3. The summed E-state index contributed by atoms with van der Waals surface area (Å²) in [6.45, 7) is 4.81. The molecule has 1 unspecified atom stereocenters. The summed E-state index contributed by atoms with van der Waals surface area (Å²) in [5.74, 6) is 0. The molecule has 84 valence electrons. The van der Waals surface area contributed by atoms with Crippen molar-refractivity contribution in [1.82, 2.24) is 4.98 Å². The summed E-state index contributed by atoms with van der Waals surface area (Å²) < 4.78 is 5.46. The van der Waals surface area contributed by atoms with Gasteiger partial charge in [0.25, 0.3) is 0 Å². The minimum atomic E-state index is 0.172. The third-order valence-electron chi connectivity index (χ3n) is 2.19. The summed E-state index contributed by atoms with van der Waals surface area (Å²) in [6, 6.07) is 4.18. The summed E-state index contributed by atoms with van der Waals surface area (Å²) in [5, 5.41) is 0. The van der Waals surface area contributed by atoms with Crippen molar-refractivity contribution in [1.29, 1.82) is 0 Å². The number of ether oxygens (including phenoxy) is 1. The van der Waals surface area contributed by atoms with Crippen molar-refractivity contribution in [2.24, 2.45) is 5.73 Å². The van der Waals surface area contributed by atoms with Gasteiger partial charge < -0.3 is 10.5 Å². The van der Waals surface area contributed by atoms with Gasteiger partial charge in [0.05, 0.1) is 6.10 Å². The van der Waals surface area contributed by atoms with Gasteiger partial charge >= 0.3 is 0 Å². The molecule has 1 rings (SSSR count). The number of aromatic nitrogens is 1. The van der Waals surface area contributed by atoms with Crippen LogP contribution >= 0.6 is 0 Å². The van der Waals surface area contributed by atoms with Crippen LogP contribution in [0.4, 0.5) is 0 Å². The van der Waals surface area contributed by atoms with E-state index in [1.54, 1.807) is 12.4 Å². The van der Waals surface area contributed by atoms with Gasteiger partial charge in [0, 0.05) is 25.0 Å². The first-order valence-corrected chi connectivity index (χ1v) is 5.44. The zero-order chi connectivity index (χ0) is 11.1. The van der Waals surface area contributed by atoms with Crippen molar-refractivity contribution >= 4 is 0 Å². The highest BCUT2D eigenvalue weighted by atomic mass is 16.5. The van der Waals surface area contributed by atoms with Gasteiger partial charge in [0.2, 0.25) is 0 Å². The molecule has 0 radical (unpaired) electrons. The zero-order valence-corrected chi connectivity index (χ0v) is 9.52. The van der Waals surface area contributed by atoms with Crippen molar-refractivity contribution in [2.45, 2.75) is 38.8 Å². The smallest absolute Gasteiger partial charge is 0.0518 e. The van der Waals surface area contributed by atoms with Crippen LogP contribution in [0, 0.1) is 0 Å². The van der Waals surface area contributed by atoms with Crippen LogP contribution in [0.1, 0.15) is 25.8 Å². The number of nitrogens with two attached hydrogens (primary N) is 1. The lowest BCUT2D eigenvalue weighted by Crippen LogP contribution is -2.25. The average molecular weight is 208 g/mol. The molecule has 0 spiro atoms. The monoisotopic (exact) mass is 208 g/mol. The lowest BCUT2D eigenvalue weighted by atomic mass is 10.1. The van der Waals surface area contributed by atoms with E-state index in [0.717, 1.165) is 19.4 Å². The first kappa shape index (κ1) is 12.1. The predicted octanol–water partition coefficient (Wildman–Crippen LogP) is 1.77. The molecular weight excluding hydrogens is 188 g/mol. The highest BCUT2D eigenvalue weighted by molar-refractivity contribution is 5.10. The minimum absolute atomic E-state index is 0.172. The van der Waals surface area contributed by atoms with Gasteiger partial charge in [-0.05, 0) is 44.4 Å². The Morgan fingerprint density at radius 2 is 2.00 bits per heavy atom. The van der Waals surface area contributed by atoms with E-state index in [1.807, 2.05) is 26.0 Å². The van der Waals surface area contributed by atoms with E-state index in [4.69, 9.17) is 10.5 Å².